The molecule has 158 valence electrons. The van der Waals surface area contributed by atoms with Gasteiger partial charge in [-0.05, 0) is 22.6 Å². The van der Waals surface area contributed by atoms with Crippen molar-refractivity contribution >= 4 is 34.3 Å². The molecule has 0 aromatic heterocycles. The van der Waals surface area contributed by atoms with E-state index < -0.39 is 61.7 Å². The van der Waals surface area contributed by atoms with Crippen LogP contribution in [-0.2, 0) is 23.8 Å². The van der Waals surface area contributed by atoms with Gasteiger partial charge in [0.2, 0.25) is 5.91 Å². The average Bonchev–Trinajstić information content (AvgIpc) is 3.02. The van der Waals surface area contributed by atoms with Gasteiger partial charge in [0.05, 0.1) is 29.3 Å². The van der Waals surface area contributed by atoms with E-state index in [2.05, 4.69) is 0 Å². The lowest BCUT2D eigenvalue weighted by molar-refractivity contribution is -0.306. The fourth-order valence-corrected chi connectivity index (χ4v) is 3.74. The fraction of sp³-hybridized carbons (Fsp3) is 0.750. The van der Waals surface area contributed by atoms with E-state index >= 15 is 0 Å². The van der Waals surface area contributed by atoms with Crippen molar-refractivity contribution in [2.45, 2.75) is 62.0 Å². The predicted octanol–water partition coefficient (Wildman–Crippen LogP) is -2.64. The number of aliphatic hydroxyl groups is 5. The summed E-state index contributed by atoms with van der Waals surface area (Å²) in [5.41, 5.74) is 0. The predicted molar refractivity (Wildman–Crippen MR) is 97.6 cm³/mol. The van der Waals surface area contributed by atoms with Gasteiger partial charge >= 0.3 is 0 Å². The Bertz CT molecular complexity index is 643. The second kappa shape index (κ2) is 8.97. The van der Waals surface area contributed by atoms with E-state index in [4.69, 9.17) is 14.2 Å². The number of carbonyl (C=O) groups excluding carboxylic acids is 2. The van der Waals surface area contributed by atoms with Gasteiger partial charge in [0, 0.05) is 12.6 Å². The van der Waals surface area contributed by atoms with Crippen LogP contribution in [0.5, 0.6) is 0 Å². The topological polar surface area (TPSA) is 166 Å². The number of aliphatic hydroxyl groups excluding tert-OH is 5. The highest BCUT2D eigenvalue weighted by molar-refractivity contribution is 14.1. The van der Waals surface area contributed by atoms with Crippen molar-refractivity contribution in [2.24, 2.45) is 0 Å². The molecule has 0 bridgehead atoms. The van der Waals surface area contributed by atoms with Crippen LogP contribution in [0.4, 0.5) is 0 Å². The summed E-state index contributed by atoms with van der Waals surface area (Å²) in [5, 5.41) is 48.9. The van der Waals surface area contributed by atoms with Gasteiger partial charge in [0.25, 0.3) is 0 Å². The summed E-state index contributed by atoms with van der Waals surface area (Å²) in [6.45, 7) is -0.821. The first kappa shape index (κ1) is 22.0. The fourth-order valence-electron chi connectivity index (χ4n) is 3.25. The Morgan fingerprint density at radius 2 is 1.82 bits per heavy atom. The maximum atomic E-state index is 12.1. The normalized spacial score (nSPS) is 42.1. The number of hydrogen-bond acceptors (Lipinski definition) is 10. The Hall–Kier alpha value is -0.710. The molecule has 28 heavy (non-hydrogen) atoms. The van der Waals surface area contributed by atoms with Gasteiger partial charge in [0.1, 0.15) is 36.7 Å². The molecule has 3 aliphatic rings. The van der Waals surface area contributed by atoms with Crippen LogP contribution in [0.3, 0.4) is 0 Å². The number of halogens is 1. The summed E-state index contributed by atoms with van der Waals surface area (Å²) >= 11 is 1.83. The Labute approximate surface area is 173 Å². The monoisotopic (exact) mass is 512 g/mol. The highest BCUT2D eigenvalue weighted by atomic mass is 124. The number of ether oxygens (including phenoxy) is 3. The highest BCUT2D eigenvalue weighted by Crippen LogP contribution is 2.29. The van der Waals surface area contributed by atoms with E-state index in [9.17, 15) is 35.1 Å². The van der Waals surface area contributed by atoms with Crippen LogP contribution in [0.25, 0.3) is 0 Å². The van der Waals surface area contributed by atoms with Crippen LogP contribution in [0.2, 0.25) is 0 Å². The van der Waals surface area contributed by atoms with Crippen LogP contribution in [0.1, 0.15) is 12.8 Å². The number of Topliss-reactive ketones (excluding diaryl/α,β-unsaturated/α-hetero) is 1. The Kier molecular flexibility index (Phi) is 7.05. The molecule has 2 saturated heterocycles. The molecule has 0 spiro atoms. The summed E-state index contributed by atoms with van der Waals surface area (Å²) < 4.78 is 16.7. The lowest BCUT2D eigenvalue weighted by atomic mass is 9.99. The van der Waals surface area contributed by atoms with E-state index in [-0.39, 0.29) is 25.2 Å². The molecule has 3 heterocycles. The maximum absolute atomic E-state index is 12.1. The molecule has 3 rings (SSSR count). The van der Waals surface area contributed by atoms with Crippen LogP contribution in [0, 0.1) is 0 Å². The van der Waals surface area contributed by atoms with Crippen molar-refractivity contribution in [3.8, 4) is 0 Å². The van der Waals surface area contributed by atoms with E-state index in [0.29, 0.717) is 3.58 Å². The van der Waals surface area contributed by atoms with Crippen molar-refractivity contribution in [3.63, 3.8) is 0 Å². The van der Waals surface area contributed by atoms with Gasteiger partial charge in [0.15, 0.2) is 12.1 Å². The number of rotatable bonds is 5. The molecular weight excluding hydrogens is 490 g/mol. The van der Waals surface area contributed by atoms with E-state index in [1.807, 2.05) is 22.6 Å². The van der Waals surface area contributed by atoms with Crippen molar-refractivity contribution < 1.29 is 49.3 Å². The second-order valence-corrected chi connectivity index (χ2v) is 8.00. The summed E-state index contributed by atoms with van der Waals surface area (Å²) in [6, 6.07) is 0. The Morgan fingerprint density at radius 3 is 2.50 bits per heavy atom. The summed E-state index contributed by atoms with van der Waals surface area (Å²) in [5.74, 6) is -0.707. The molecule has 0 saturated carbocycles. The highest BCUT2D eigenvalue weighted by Gasteiger charge is 2.45. The smallest absolute Gasteiger partial charge is 0.236 e. The van der Waals surface area contributed by atoms with Crippen molar-refractivity contribution in [3.05, 3.63) is 9.78 Å². The summed E-state index contributed by atoms with van der Waals surface area (Å²) in [7, 11) is 0. The minimum atomic E-state index is -1.58. The first-order chi connectivity index (χ1) is 13.2. The molecule has 12 heteroatoms. The third-order valence-electron chi connectivity index (χ3n) is 4.91. The molecule has 3 aliphatic heterocycles. The van der Waals surface area contributed by atoms with Crippen LogP contribution in [0.15, 0.2) is 9.78 Å². The van der Waals surface area contributed by atoms with Crippen molar-refractivity contribution in [2.75, 3.05) is 13.2 Å². The van der Waals surface area contributed by atoms with Crippen LogP contribution < -0.4 is 0 Å². The molecule has 0 aromatic rings. The first-order valence-electron chi connectivity index (χ1n) is 8.70. The van der Waals surface area contributed by atoms with Gasteiger partial charge < -0.3 is 39.7 Å². The average molecular weight is 512 g/mol. The van der Waals surface area contributed by atoms with Gasteiger partial charge in [-0.2, -0.15) is 0 Å². The first-order valence-corrected chi connectivity index (χ1v) is 9.78. The second-order valence-electron chi connectivity index (χ2n) is 6.84. The Morgan fingerprint density at radius 1 is 1.11 bits per heavy atom. The third-order valence-corrected chi connectivity index (χ3v) is 5.79. The van der Waals surface area contributed by atoms with Gasteiger partial charge in [-0.1, -0.05) is 0 Å². The van der Waals surface area contributed by atoms with E-state index in [1.54, 1.807) is 0 Å². The zero-order valence-corrected chi connectivity index (χ0v) is 16.8. The Balaban J connectivity index is 1.58. The van der Waals surface area contributed by atoms with E-state index in [0.717, 1.165) is 0 Å². The molecule has 2 fully saturated rings. The zero-order valence-electron chi connectivity index (χ0n) is 14.6. The van der Waals surface area contributed by atoms with Crippen molar-refractivity contribution in [1.82, 2.24) is 4.90 Å². The molecule has 11 nitrogen and oxygen atoms in total. The number of hydrogen-bond donors (Lipinski definition) is 5. The minimum Gasteiger partial charge on any atom is -0.394 e. The molecule has 0 unspecified atom stereocenters. The standard InChI is InChI=1S/C16H22INO10/c17-6-3-18(11(22)1-7(6)20)12-2-8(21)10(27-12)5-26-16-15(25)14(24)13(23)9(4-19)28-16/h3,8-10,12-16,19,21,23-25H,1-2,4-5H2/t8-,9-,10-,12-,13+,14+,15-,16-/m1/s1/i17-3. The summed E-state index contributed by atoms with van der Waals surface area (Å²) in [4.78, 5) is 24.9. The number of ketones is 1. The molecule has 0 aliphatic carbocycles. The van der Waals surface area contributed by atoms with Crippen LogP contribution in [-0.4, -0.2) is 104 Å². The largest absolute Gasteiger partial charge is 0.394 e. The quantitative estimate of drug-likeness (QED) is 0.194. The van der Waals surface area contributed by atoms with E-state index in [1.165, 1.54) is 11.1 Å². The zero-order chi connectivity index (χ0) is 20.6. The van der Waals surface area contributed by atoms with Gasteiger partial charge in [-0.15, -0.1) is 0 Å². The lowest BCUT2D eigenvalue weighted by Gasteiger charge is -2.39. The maximum Gasteiger partial charge on any atom is 0.236 e. The minimum absolute atomic E-state index is 0.100. The number of allylic oxidation sites excluding steroid dienone is 1. The number of nitrogens with zero attached hydrogens (tertiary/aromatic N) is 1. The molecular formula is C16H22INO10. The number of carbonyl (C=O) groups is 2. The number of amides is 1. The van der Waals surface area contributed by atoms with Gasteiger partial charge in [-0.25, -0.2) is 0 Å². The lowest BCUT2D eigenvalue weighted by Crippen LogP contribution is -2.59. The molecule has 0 radical (unpaired) electrons. The molecule has 5 N–H and O–H groups in total. The molecule has 8 atom stereocenters. The summed E-state index contributed by atoms with van der Waals surface area (Å²) in [6.07, 6.45) is -8.49. The SMILES string of the molecule is O=C1CC(=O)N([C@H]2C[C@@H](O)[C@@H](CO[C@@H]3O[C@H](CO)[C@H](O)[C@H](O)[C@H]3O)O2)C=C1[124I]. The van der Waals surface area contributed by atoms with Gasteiger partial charge in [-0.3, -0.25) is 14.5 Å². The molecule has 0 aromatic carbocycles. The molecule has 1 amide bonds. The van der Waals surface area contributed by atoms with Crippen LogP contribution >= 0.6 is 22.6 Å². The van der Waals surface area contributed by atoms with Crippen molar-refractivity contribution in [1.29, 1.82) is 0 Å². The third kappa shape index (κ3) is 4.39.